The maximum atomic E-state index is 4.42. The molecule has 0 aliphatic carbocycles. The lowest BCUT2D eigenvalue weighted by Crippen LogP contribution is -2.10. The van der Waals surface area contributed by atoms with Gasteiger partial charge in [0.05, 0.1) is 6.20 Å². The fraction of sp³-hybridized carbons (Fsp3) is 0.471. The van der Waals surface area contributed by atoms with Crippen LogP contribution in [0.3, 0.4) is 0 Å². The van der Waals surface area contributed by atoms with Crippen molar-refractivity contribution in [2.75, 3.05) is 0 Å². The van der Waals surface area contributed by atoms with Crippen molar-refractivity contribution in [3.63, 3.8) is 0 Å². The van der Waals surface area contributed by atoms with E-state index in [-0.39, 0.29) is 5.41 Å². The van der Waals surface area contributed by atoms with Crippen LogP contribution in [0.25, 0.3) is 11.1 Å². The van der Waals surface area contributed by atoms with Crippen LogP contribution in [-0.4, -0.2) is 9.78 Å². The molecule has 2 rings (SSSR count). The second kappa shape index (κ2) is 5.60. The van der Waals surface area contributed by atoms with Crippen molar-refractivity contribution in [2.45, 2.75) is 52.5 Å². The van der Waals surface area contributed by atoms with Crippen LogP contribution in [-0.2, 0) is 12.0 Å². The Labute approximate surface area is 116 Å². The van der Waals surface area contributed by atoms with Crippen LogP contribution in [0.5, 0.6) is 0 Å². The Morgan fingerprint density at radius 2 is 1.74 bits per heavy atom. The van der Waals surface area contributed by atoms with Crippen molar-refractivity contribution in [1.29, 1.82) is 0 Å². The molecule has 0 radical (unpaired) electrons. The highest BCUT2D eigenvalue weighted by molar-refractivity contribution is 5.62. The summed E-state index contributed by atoms with van der Waals surface area (Å²) in [4.78, 5) is 0. The zero-order chi connectivity index (χ0) is 13.9. The summed E-state index contributed by atoms with van der Waals surface area (Å²) >= 11 is 0. The standard InChI is InChI=1S/C17H24N2/c1-5-6-11-19-13-15(12-18-19)14-7-9-16(10-8-14)17(2,3)4/h7-10,12-13H,5-6,11H2,1-4H3. The van der Waals surface area contributed by atoms with E-state index in [9.17, 15) is 0 Å². The van der Waals surface area contributed by atoms with Gasteiger partial charge in [0, 0.05) is 18.3 Å². The summed E-state index contributed by atoms with van der Waals surface area (Å²) in [5.74, 6) is 0. The minimum Gasteiger partial charge on any atom is -0.272 e. The third-order valence-corrected chi connectivity index (χ3v) is 3.46. The molecule has 0 saturated carbocycles. The van der Waals surface area contributed by atoms with Crippen molar-refractivity contribution in [2.24, 2.45) is 0 Å². The number of rotatable bonds is 4. The quantitative estimate of drug-likeness (QED) is 0.778. The smallest absolute Gasteiger partial charge is 0.0568 e. The molecule has 1 aromatic carbocycles. The first-order valence-electron chi connectivity index (χ1n) is 7.14. The van der Waals surface area contributed by atoms with Gasteiger partial charge >= 0.3 is 0 Å². The second-order valence-electron chi connectivity index (χ2n) is 6.17. The summed E-state index contributed by atoms with van der Waals surface area (Å²) in [6.45, 7) is 9.94. The van der Waals surface area contributed by atoms with Gasteiger partial charge in [-0.2, -0.15) is 5.10 Å². The molecule has 0 amide bonds. The zero-order valence-corrected chi connectivity index (χ0v) is 12.5. The molecular formula is C17H24N2. The summed E-state index contributed by atoms with van der Waals surface area (Å²) in [5, 5.41) is 4.42. The first-order valence-corrected chi connectivity index (χ1v) is 7.14. The monoisotopic (exact) mass is 256 g/mol. The van der Waals surface area contributed by atoms with E-state index < -0.39 is 0 Å². The van der Waals surface area contributed by atoms with E-state index in [0.717, 1.165) is 6.54 Å². The van der Waals surface area contributed by atoms with Crippen LogP contribution in [0.1, 0.15) is 46.1 Å². The molecule has 0 aliphatic heterocycles. The molecule has 0 spiro atoms. The van der Waals surface area contributed by atoms with Gasteiger partial charge in [-0.15, -0.1) is 0 Å². The van der Waals surface area contributed by atoms with E-state index in [4.69, 9.17) is 0 Å². The van der Waals surface area contributed by atoms with Crippen LogP contribution < -0.4 is 0 Å². The third kappa shape index (κ3) is 3.46. The molecule has 102 valence electrons. The summed E-state index contributed by atoms with van der Waals surface area (Å²) in [6.07, 6.45) is 6.49. The zero-order valence-electron chi connectivity index (χ0n) is 12.5. The third-order valence-electron chi connectivity index (χ3n) is 3.46. The van der Waals surface area contributed by atoms with Crippen molar-refractivity contribution in [3.05, 3.63) is 42.2 Å². The molecule has 0 fully saturated rings. The number of unbranched alkanes of at least 4 members (excludes halogenated alkanes) is 1. The Morgan fingerprint density at radius 1 is 1.05 bits per heavy atom. The molecule has 0 atom stereocenters. The summed E-state index contributed by atoms with van der Waals surface area (Å²) in [6, 6.07) is 8.83. The summed E-state index contributed by atoms with van der Waals surface area (Å²) < 4.78 is 2.04. The fourth-order valence-corrected chi connectivity index (χ4v) is 2.12. The van der Waals surface area contributed by atoms with E-state index in [0.29, 0.717) is 0 Å². The number of aryl methyl sites for hydroxylation is 1. The van der Waals surface area contributed by atoms with Crippen molar-refractivity contribution >= 4 is 0 Å². The number of hydrogen-bond acceptors (Lipinski definition) is 1. The Balaban J connectivity index is 2.16. The fourth-order valence-electron chi connectivity index (χ4n) is 2.12. The molecule has 2 nitrogen and oxygen atoms in total. The molecular weight excluding hydrogens is 232 g/mol. The molecule has 2 aromatic rings. The van der Waals surface area contributed by atoms with Gasteiger partial charge in [0.1, 0.15) is 0 Å². The summed E-state index contributed by atoms with van der Waals surface area (Å²) in [7, 11) is 0. The van der Waals surface area contributed by atoms with Gasteiger partial charge in [-0.05, 0) is 23.0 Å². The van der Waals surface area contributed by atoms with Crippen molar-refractivity contribution < 1.29 is 0 Å². The minimum atomic E-state index is 0.212. The number of hydrogen-bond donors (Lipinski definition) is 0. The molecule has 19 heavy (non-hydrogen) atoms. The predicted molar refractivity (Wildman–Crippen MR) is 81.3 cm³/mol. The van der Waals surface area contributed by atoms with Gasteiger partial charge in [-0.25, -0.2) is 0 Å². The molecule has 1 heterocycles. The first kappa shape index (κ1) is 13.9. The predicted octanol–water partition coefficient (Wildman–Crippen LogP) is 4.65. The molecule has 2 heteroatoms. The second-order valence-corrected chi connectivity index (χ2v) is 6.17. The maximum Gasteiger partial charge on any atom is 0.0568 e. The summed E-state index contributed by atoms with van der Waals surface area (Å²) in [5.41, 5.74) is 4.03. The minimum absolute atomic E-state index is 0.212. The highest BCUT2D eigenvalue weighted by Gasteiger charge is 2.13. The Morgan fingerprint density at radius 3 is 2.32 bits per heavy atom. The average molecular weight is 256 g/mol. The largest absolute Gasteiger partial charge is 0.272 e. The van der Waals surface area contributed by atoms with Gasteiger partial charge in [0.25, 0.3) is 0 Å². The van der Waals surface area contributed by atoms with Gasteiger partial charge < -0.3 is 0 Å². The van der Waals surface area contributed by atoms with E-state index in [2.05, 4.69) is 63.3 Å². The Hall–Kier alpha value is -1.57. The molecule has 0 bridgehead atoms. The SMILES string of the molecule is CCCCn1cc(-c2ccc(C(C)(C)C)cc2)cn1. The van der Waals surface area contributed by atoms with Crippen molar-refractivity contribution in [1.82, 2.24) is 9.78 Å². The lowest BCUT2D eigenvalue weighted by Gasteiger charge is -2.18. The van der Waals surface area contributed by atoms with Crippen LogP contribution in [0.15, 0.2) is 36.7 Å². The number of nitrogens with zero attached hydrogens (tertiary/aromatic N) is 2. The van der Waals surface area contributed by atoms with Gasteiger partial charge in [0.15, 0.2) is 0 Å². The number of benzene rings is 1. The molecule has 0 unspecified atom stereocenters. The van der Waals surface area contributed by atoms with Crippen LogP contribution in [0.4, 0.5) is 0 Å². The van der Waals surface area contributed by atoms with E-state index >= 15 is 0 Å². The van der Waals surface area contributed by atoms with Gasteiger partial charge in [-0.3, -0.25) is 4.68 Å². The number of aromatic nitrogens is 2. The van der Waals surface area contributed by atoms with Crippen LogP contribution >= 0.6 is 0 Å². The van der Waals surface area contributed by atoms with Gasteiger partial charge in [0.2, 0.25) is 0 Å². The lowest BCUT2D eigenvalue weighted by molar-refractivity contribution is 0.572. The van der Waals surface area contributed by atoms with E-state index in [1.807, 2.05) is 10.9 Å². The maximum absolute atomic E-state index is 4.42. The van der Waals surface area contributed by atoms with Gasteiger partial charge in [-0.1, -0.05) is 58.4 Å². The molecule has 0 saturated heterocycles. The normalized spacial score (nSPS) is 11.8. The Bertz CT molecular complexity index is 515. The molecule has 1 aromatic heterocycles. The Kier molecular flexibility index (Phi) is 4.08. The average Bonchev–Trinajstić information content (AvgIpc) is 2.84. The molecule has 0 aliphatic rings. The highest BCUT2D eigenvalue weighted by atomic mass is 15.3. The highest BCUT2D eigenvalue weighted by Crippen LogP contribution is 2.25. The van der Waals surface area contributed by atoms with Crippen molar-refractivity contribution in [3.8, 4) is 11.1 Å². The van der Waals surface area contributed by atoms with Crippen LogP contribution in [0.2, 0.25) is 0 Å². The van der Waals surface area contributed by atoms with E-state index in [1.54, 1.807) is 0 Å². The lowest BCUT2D eigenvalue weighted by atomic mass is 9.86. The molecule has 0 N–H and O–H groups in total. The van der Waals surface area contributed by atoms with E-state index in [1.165, 1.54) is 29.5 Å². The first-order chi connectivity index (χ1) is 9.00. The van der Waals surface area contributed by atoms with Crippen LogP contribution in [0, 0.1) is 0 Å². The topological polar surface area (TPSA) is 17.8 Å².